The van der Waals surface area contributed by atoms with Gasteiger partial charge in [-0.05, 0) is 38.1 Å². The fraction of sp³-hybridized carbons (Fsp3) is 0.571. The van der Waals surface area contributed by atoms with Crippen LogP contribution in [0.3, 0.4) is 0 Å². The van der Waals surface area contributed by atoms with Gasteiger partial charge in [0.1, 0.15) is 42.0 Å². The molecule has 4 bridgehead atoms. The summed E-state index contributed by atoms with van der Waals surface area (Å²) in [5.74, 6) is -12.0. The molecular weight excluding hydrogens is 820 g/mol. The summed E-state index contributed by atoms with van der Waals surface area (Å²) < 4.78 is 55.3. The van der Waals surface area contributed by atoms with E-state index in [1.807, 2.05) is 0 Å². The maximum absolute atomic E-state index is 14.6. The average Bonchev–Trinajstić information content (AvgIpc) is 3.42. The molecule has 0 amide bonds. The fourth-order valence-electron chi connectivity index (χ4n) is 9.74. The Labute approximate surface area is 355 Å². The molecule has 62 heavy (non-hydrogen) atoms. The zero-order chi connectivity index (χ0) is 45.7. The minimum absolute atomic E-state index is 0.0538. The Balaban J connectivity index is 1.81. The first-order valence-corrected chi connectivity index (χ1v) is 19.7. The summed E-state index contributed by atoms with van der Waals surface area (Å²) in [6.07, 6.45) is -8.46. The second-order valence-corrected chi connectivity index (χ2v) is 16.4. The molecule has 13 atom stereocenters. The van der Waals surface area contributed by atoms with Gasteiger partial charge in [0.25, 0.3) is 0 Å². The smallest absolute Gasteiger partial charge is 0.340 e. The van der Waals surface area contributed by atoms with E-state index in [1.165, 1.54) is 50.5 Å². The molecule has 2 aliphatic carbocycles. The van der Waals surface area contributed by atoms with Crippen LogP contribution in [0.1, 0.15) is 94.6 Å². The molecule has 2 aliphatic heterocycles. The molecule has 2 saturated carbocycles. The Morgan fingerprint density at radius 1 is 0.774 bits per heavy atom. The molecule has 1 spiro atoms. The average molecular weight is 869 g/mol. The number of carbonyl (C=O) groups excluding carboxylic acids is 8. The number of rotatable bonds is 8. The zero-order valence-corrected chi connectivity index (χ0v) is 35.4. The summed E-state index contributed by atoms with van der Waals surface area (Å²) in [5.41, 5.74) is -10.6. The minimum Gasteiger partial charge on any atom is -0.465 e. The van der Waals surface area contributed by atoms with Gasteiger partial charge in [-0.25, -0.2) is 9.59 Å². The summed E-state index contributed by atoms with van der Waals surface area (Å²) in [7, 11) is 0. The van der Waals surface area contributed by atoms with Gasteiger partial charge in [-0.1, -0.05) is 13.8 Å². The van der Waals surface area contributed by atoms with Crippen LogP contribution in [0.15, 0.2) is 42.9 Å². The van der Waals surface area contributed by atoms with E-state index in [2.05, 4.69) is 9.97 Å². The standard InChI is InChI=1S/C42H48N2O18/c1-19-20(2)36(50)60-33-31(57-23(5)47)35(61-37(51)26-12-10-14-43-16-26)41(18-54-21(3)45)34(59-25(7)49)30(56-22(4)46)28-32(58-24(6)48)42(41,40(33,9)53)62-39(28,8)17-55-38(52)27-13-11-15-44-29(19)27/h10-16,19-20,28,30-35,53H,17-18H2,1-9H3/t19-,20?,28?,30+,31+,32+,33-,34+,35+,39+,40-,41-,42-/m0/s1. The highest BCUT2D eigenvalue weighted by Crippen LogP contribution is 2.70. The van der Waals surface area contributed by atoms with Crippen molar-refractivity contribution >= 4 is 47.8 Å². The van der Waals surface area contributed by atoms with E-state index < -0.39 is 138 Å². The molecular formula is C42H48N2O18. The quantitative estimate of drug-likeness (QED) is 0.292. The summed E-state index contributed by atoms with van der Waals surface area (Å²) in [6, 6.07) is 5.61. The van der Waals surface area contributed by atoms with Crippen LogP contribution in [0.5, 0.6) is 0 Å². The molecule has 2 unspecified atom stereocenters. The maximum Gasteiger partial charge on any atom is 0.340 e. The van der Waals surface area contributed by atoms with E-state index in [1.54, 1.807) is 6.92 Å². The monoisotopic (exact) mass is 868 g/mol. The number of hydrogen-bond acceptors (Lipinski definition) is 20. The Bertz CT molecular complexity index is 2160. The normalized spacial score (nSPS) is 36.0. The number of carbonyl (C=O) groups is 8. The van der Waals surface area contributed by atoms with Gasteiger partial charge in [0.05, 0.1) is 28.7 Å². The van der Waals surface area contributed by atoms with Crippen molar-refractivity contribution in [2.75, 3.05) is 13.2 Å². The van der Waals surface area contributed by atoms with Crippen molar-refractivity contribution in [1.29, 1.82) is 0 Å². The molecule has 2 aromatic rings. The lowest BCUT2D eigenvalue weighted by molar-refractivity contribution is -0.385. The number of cyclic esters (lactones) is 1. The number of fused-ring (bicyclic) bond motifs is 5. The first kappa shape index (κ1) is 45.5. The molecule has 2 aromatic heterocycles. The third kappa shape index (κ3) is 7.41. The third-order valence-corrected chi connectivity index (χ3v) is 12.3. The summed E-state index contributed by atoms with van der Waals surface area (Å²) in [4.78, 5) is 118. The first-order chi connectivity index (χ1) is 29.0. The zero-order valence-electron chi connectivity index (χ0n) is 35.4. The highest BCUT2D eigenvalue weighted by Gasteiger charge is 2.92. The van der Waals surface area contributed by atoms with Gasteiger partial charge in [-0.15, -0.1) is 0 Å². The van der Waals surface area contributed by atoms with E-state index in [-0.39, 0.29) is 16.8 Å². The number of esters is 8. The second kappa shape index (κ2) is 16.7. The Hall–Kier alpha value is -6.02. The number of pyridine rings is 2. The molecule has 334 valence electrons. The van der Waals surface area contributed by atoms with Crippen LogP contribution in [0.2, 0.25) is 0 Å². The van der Waals surface area contributed by atoms with E-state index >= 15 is 0 Å². The predicted molar refractivity (Wildman–Crippen MR) is 203 cm³/mol. The SMILES string of the molecule is CC(=O)OC[C@]12[C@H](OC(=O)c3cccnc3)[C@H](OC(C)=O)[C@@H]3OC(=O)C(C)[C@H](C)c4ncccc4C(=O)OC[C@@]4(C)O[C@@]1([C@H](OC(C)=O)C4[C@@H](OC(C)=O)[C@H]2OC(C)=O)[C@@]3(C)O. The second-order valence-electron chi connectivity index (χ2n) is 16.4. The molecule has 20 heteroatoms. The van der Waals surface area contributed by atoms with E-state index in [0.29, 0.717) is 0 Å². The molecule has 20 nitrogen and oxygen atoms in total. The summed E-state index contributed by atoms with van der Waals surface area (Å²) >= 11 is 0. The van der Waals surface area contributed by atoms with Crippen LogP contribution in [0.4, 0.5) is 0 Å². The van der Waals surface area contributed by atoms with Crippen molar-refractivity contribution in [3.63, 3.8) is 0 Å². The van der Waals surface area contributed by atoms with Crippen LogP contribution >= 0.6 is 0 Å². The van der Waals surface area contributed by atoms with Crippen LogP contribution in [0.25, 0.3) is 0 Å². The third-order valence-electron chi connectivity index (χ3n) is 12.3. The van der Waals surface area contributed by atoms with Gasteiger partial charge in [-0.2, -0.15) is 0 Å². The minimum atomic E-state index is -2.87. The van der Waals surface area contributed by atoms with Crippen LogP contribution in [-0.4, -0.2) is 129 Å². The lowest BCUT2D eigenvalue weighted by Gasteiger charge is -2.67. The number of nitrogens with zero attached hydrogens (tertiary/aromatic N) is 2. The Morgan fingerprint density at radius 3 is 1.97 bits per heavy atom. The lowest BCUT2D eigenvalue weighted by Crippen LogP contribution is -2.89. The first-order valence-electron chi connectivity index (χ1n) is 19.7. The van der Waals surface area contributed by atoms with Gasteiger partial charge >= 0.3 is 47.8 Å². The van der Waals surface area contributed by atoms with Crippen molar-refractivity contribution in [2.45, 2.75) is 122 Å². The van der Waals surface area contributed by atoms with E-state index in [0.717, 1.165) is 47.7 Å². The highest BCUT2D eigenvalue weighted by atomic mass is 16.7. The highest BCUT2D eigenvalue weighted by molar-refractivity contribution is 5.91. The number of aliphatic hydroxyl groups is 1. The maximum atomic E-state index is 14.6. The molecule has 0 aromatic carbocycles. The van der Waals surface area contributed by atoms with Crippen molar-refractivity contribution in [3.8, 4) is 0 Å². The molecule has 6 rings (SSSR count). The lowest BCUT2D eigenvalue weighted by atomic mass is 9.45. The Morgan fingerprint density at radius 2 is 1.37 bits per heavy atom. The number of aromatic nitrogens is 2. The predicted octanol–water partition coefficient (Wildman–Crippen LogP) is 1.72. The van der Waals surface area contributed by atoms with Crippen LogP contribution in [0, 0.1) is 17.3 Å². The molecule has 3 fully saturated rings. The largest absolute Gasteiger partial charge is 0.465 e. The molecule has 4 aliphatic rings. The molecule has 0 radical (unpaired) electrons. The summed E-state index contributed by atoms with van der Waals surface area (Å²) in [6.45, 7) is 8.60. The van der Waals surface area contributed by atoms with Crippen molar-refractivity contribution in [3.05, 3.63) is 59.7 Å². The molecule has 4 heterocycles. The van der Waals surface area contributed by atoms with E-state index in [4.69, 9.17) is 42.6 Å². The molecule has 1 saturated heterocycles. The van der Waals surface area contributed by atoms with Crippen LogP contribution in [-0.2, 0) is 71.4 Å². The van der Waals surface area contributed by atoms with Crippen molar-refractivity contribution in [1.82, 2.24) is 9.97 Å². The van der Waals surface area contributed by atoms with Crippen molar-refractivity contribution < 1.29 is 86.1 Å². The molecule has 1 N–H and O–H groups in total. The number of hydrogen-bond donors (Lipinski definition) is 1. The van der Waals surface area contributed by atoms with Gasteiger partial charge in [-0.3, -0.25) is 38.7 Å². The fourth-order valence-corrected chi connectivity index (χ4v) is 9.74. The Kier molecular flexibility index (Phi) is 12.2. The van der Waals surface area contributed by atoms with E-state index in [9.17, 15) is 43.5 Å². The van der Waals surface area contributed by atoms with Gasteiger partial charge in [0, 0.05) is 59.1 Å². The topological polar surface area (TPSA) is 266 Å². The van der Waals surface area contributed by atoms with Gasteiger partial charge in [0.15, 0.2) is 30.0 Å². The van der Waals surface area contributed by atoms with Crippen LogP contribution < -0.4 is 0 Å². The van der Waals surface area contributed by atoms with Gasteiger partial charge < -0.3 is 47.7 Å². The van der Waals surface area contributed by atoms with Gasteiger partial charge in [0.2, 0.25) is 0 Å². The van der Waals surface area contributed by atoms with Crippen molar-refractivity contribution in [2.24, 2.45) is 17.3 Å². The number of ether oxygens (including phenoxy) is 9. The summed E-state index contributed by atoms with van der Waals surface area (Å²) in [5, 5.41) is 13.6.